The first-order valence-electron chi connectivity index (χ1n) is 8.25. The number of sulfonamides is 1. The zero-order valence-electron chi connectivity index (χ0n) is 15.8. The predicted molar refractivity (Wildman–Crippen MR) is 104 cm³/mol. The lowest BCUT2D eigenvalue weighted by molar-refractivity contribution is -0.137. The number of aromatic hydroxyl groups is 1. The summed E-state index contributed by atoms with van der Waals surface area (Å²) < 4.78 is 68.2. The van der Waals surface area contributed by atoms with Gasteiger partial charge in [-0.2, -0.15) is 18.3 Å². The number of anilines is 1. The van der Waals surface area contributed by atoms with Crippen molar-refractivity contribution in [3.05, 3.63) is 53.6 Å². The van der Waals surface area contributed by atoms with Crippen LogP contribution >= 0.6 is 0 Å². The monoisotopic (exact) mass is 445 g/mol. The number of hydrogen-bond acceptors (Lipinski definition) is 6. The van der Waals surface area contributed by atoms with Gasteiger partial charge in [0.2, 0.25) is 10.0 Å². The number of hydrazone groups is 1. The quantitative estimate of drug-likeness (QED) is 0.502. The third-order valence-corrected chi connectivity index (χ3v) is 4.90. The normalized spacial score (nSPS) is 12.0. The molecular formula is C18H18F3N3O5S. The fourth-order valence-electron chi connectivity index (χ4n) is 2.36. The number of phenolic OH excluding ortho intramolecular Hbond substituents is 1. The molecule has 12 heteroatoms. The Balaban J connectivity index is 2.15. The van der Waals surface area contributed by atoms with Crippen LogP contribution < -0.4 is 14.5 Å². The molecule has 0 atom stereocenters. The van der Waals surface area contributed by atoms with E-state index in [-0.39, 0.29) is 17.2 Å². The van der Waals surface area contributed by atoms with Crippen molar-refractivity contribution >= 4 is 27.8 Å². The van der Waals surface area contributed by atoms with Crippen LogP contribution in [0.25, 0.3) is 0 Å². The number of methoxy groups -OCH3 is 1. The molecule has 0 unspecified atom stereocenters. The first-order chi connectivity index (χ1) is 13.9. The van der Waals surface area contributed by atoms with Crippen molar-refractivity contribution in [2.45, 2.75) is 6.18 Å². The van der Waals surface area contributed by atoms with Crippen LogP contribution in [0.15, 0.2) is 47.6 Å². The number of alkyl halides is 3. The number of rotatable bonds is 7. The summed E-state index contributed by atoms with van der Waals surface area (Å²) in [6.07, 6.45) is -2.68. The minimum absolute atomic E-state index is 0.0939. The van der Waals surface area contributed by atoms with Crippen LogP contribution in [0, 0.1) is 0 Å². The molecule has 2 aromatic rings. The SMILES string of the molecule is COc1cc(/C=N\NC(=O)CN(c2cccc(C(F)(F)F)c2)S(C)(=O)=O)ccc1O. The van der Waals surface area contributed by atoms with Crippen LogP contribution in [-0.4, -0.2) is 45.6 Å². The van der Waals surface area contributed by atoms with Gasteiger partial charge in [-0.05, 0) is 42.0 Å². The largest absolute Gasteiger partial charge is 0.504 e. The van der Waals surface area contributed by atoms with E-state index in [1.54, 1.807) is 0 Å². The Bertz CT molecular complexity index is 1060. The Morgan fingerprint density at radius 1 is 1.27 bits per heavy atom. The van der Waals surface area contributed by atoms with E-state index in [0.29, 0.717) is 15.9 Å². The van der Waals surface area contributed by atoms with Crippen LogP contribution in [0.5, 0.6) is 11.5 Å². The molecule has 0 radical (unpaired) electrons. The number of carbonyl (C=O) groups is 1. The average molecular weight is 445 g/mol. The highest BCUT2D eigenvalue weighted by Gasteiger charge is 2.32. The Labute approximate surface area is 170 Å². The van der Waals surface area contributed by atoms with Crippen molar-refractivity contribution in [1.82, 2.24) is 5.43 Å². The molecule has 30 heavy (non-hydrogen) atoms. The van der Waals surface area contributed by atoms with E-state index in [4.69, 9.17) is 4.74 Å². The van der Waals surface area contributed by atoms with E-state index in [2.05, 4.69) is 10.5 Å². The highest BCUT2D eigenvalue weighted by atomic mass is 32.2. The second-order valence-electron chi connectivity index (χ2n) is 6.04. The average Bonchev–Trinajstić information content (AvgIpc) is 2.66. The number of benzene rings is 2. The lowest BCUT2D eigenvalue weighted by Gasteiger charge is -2.22. The summed E-state index contributed by atoms with van der Waals surface area (Å²) in [7, 11) is -2.70. The third kappa shape index (κ3) is 6.11. The maximum Gasteiger partial charge on any atom is 0.416 e. The molecule has 0 bridgehead atoms. The summed E-state index contributed by atoms with van der Waals surface area (Å²) in [4.78, 5) is 12.1. The predicted octanol–water partition coefficient (Wildman–Crippen LogP) is 2.34. The highest BCUT2D eigenvalue weighted by Crippen LogP contribution is 2.32. The molecule has 0 aliphatic heterocycles. The molecule has 2 rings (SSSR count). The molecule has 0 fully saturated rings. The zero-order chi connectivity index (χ0) is 22.5. The van der Waals surface area contributed by atoms with E-state index in [0.717, 1.165) is 24.5 Å². The van der Waals surface area contributed by atoms with Crippen molar-refractivity contribution in [1.29, 1.82) is 0 Å². The molecule has 8 nitrogen and oxygen atoms in total. The van der Waals surface area contributed by atoms with Crippen LogP contribution in [0.2, 0.25) is 0 Å². The standard InChI is InChI=1S/C18H18F3N3O5S/c1-29-16-8-12(6-7-15(16)25)10-22-23-17(26)11-24(30(2,27)28)14-5-3-4-13(9-14)18(19,20)21/h3-10,25H,11H2,1-2H3,(H,23,26)/b22-10-. The van der Waals surface area contributed by atoms with Crippen LogP contribution in [0.4, 0.5) is 18.9 Å². The Morgan fingerprint density at radius 3 is 2.57 bits per heavy atom. The summed E-state index contributed by atoms with van der Waals surface area (Å²) in [5, 5.41) is 13.2. The number of halogens is 3. The van der Waals surface area contributed by atoms with E-state index >= 15 is 0 Å². The molecule has 0 saturated heterocycles. The van der Waals surface area contributed by atoms with E-state index in [9.17, 15) is 31.5 Å². The van der Waals surface area contributed by atoms with Gasteiger partial charge >= 0.3 is 6.18 Å². The molecule has 0 spiro atoms. The molecule has 2 N–H and O–H groups in total. The number of hydrogen-bond donors (Lipinski definition) is 2. The minimum Gasteiger partial charge on any atom is -0.504 e. The summed E-state index contributed by atoms with van der Waals surface area (Å²) in [6, 6.07) is 7.90. The number of phenols is 1. The van der Waals surface area contributed by atoms with Gasteiger partial charge in [0, 0.05) is 0 Å². The fourth-order valence-corrected chi connectivity index (χ4v) is 3.20. The molecule has 0 aromatic heterocycles. The van der Waals surface area contributed by atoms with Gasteiger partial charge in [0.05, 0.1) is 30.8 Å². The topological polar surface area (TPSA) is 108 Å². The van der Waals surface area contributed by atoms with E-state index in [1.807, 2.05) is 0 Å². The van der Waals surface area contributed by atoms with Crippen molar-refractivity contribution in [2.75, 3.05) is 24.2 Å². The van der Waals surface area contributed by atoms with Crippen LogP contribution in [-0.2, 0) is 21.0 Å². The molecule has 0 aliphatic carbocycles. The van der Waals surface area contributed by atoms with E-state index in [1.165, 1.54) is 31.5 Å². The van der Waals surface area contributed by atoms with Crippen molar-refractivity contribution in [3.8, 4) is 11.5 Å². The number of nitrogens with one attached hydrogen (secondary N) is 1. The third-order valence-electron chi connectivity index (χ3n) is 3.76. The zero-order valence-corrected chi connectivity index (χ0v) is 16.7. The van der Waals surface area contributed by atoms with Gasteiger partial charge in [-0.15, -0.1) is 0 Å². The summed E-state index contributed by atoms with van der Waals surface area (Å²) in [5.74, 6) is -0.790. The Hall–Kier alpha value is -3.28. The summed E-state index contributed by atoms with van der Waals surface area (Å²) in [6.45, 7) is -0.781. The first kappa shape index (κ1) is 23.0. The van der Waals surface area contributed by atoms with Gasteiger partial charge in [0.15, 0.2) is 11.5 Å². The molecule has 1 amide bonds. The van der Waals surface area contributed by atoms with Crippen LogP contribution in [0.1, 0.15) is 11.1 Å². The molecule has 2 aromatic carbocycles. The summed E-state index contributed by atoms with van der Waals surface area (Å²) >= 11 is 0. The van der Waals surface area contributed by atoms with Crippen molar-refractivity contribution in [2.24, 2.45) is 5.10 Å². The fraction of sp³-hybridized carbons (Fsp3) is 0.222. The van der Waals surface area contributed by atoms with Gasteiger partial charge < -0.3 is 9.84 Å². The number of nitrogens with zero attached hydrogens (tertiary/aromatic N) is 2. The Morgan fingerprint density at radius 2 is 1.97 bits per heavy atom. The van der Waals surface area contributed by atoms with Gasteiger partial charge in [-0.25, -0.2) is 13.8 Å². The molecule has 162 valence electrons. The minimum atomic E-state index is -4.67. The van der Waals surface area contributed by atoms with E-state index < -0.39 is 34.2 Å². The molecular weight excluding hydrogens is 427 g/mol. The highest BCUT2D eigenvalue weighted by molar-refractivity contribution is 7.92. The van der Waals surface area contributed by atoms with Crippen molar-refractivity contribution in [3.63, 3.8) is 0 Å². The van der Waals surface area contributed by atoms with Crippen molar-refractivity contribution < 1.29 is 36.2 Å². The molecule has 0 saturated carbocycles. The number of ether oxygens (including phenoxy) is 1. The second-order valence-corrected chi connectivity index (χ2v) is 7.95. The maximum atomic E-state index is 12.9. The Kier molecular flexibility index (Phi) is 6.92. The summed E-state index contributed by atoms with van der Waals surface area (Å²) in [5.41, 5.74) is 1.20. The molecule has 0 aliphatic rings. The number of amides is 1. The van der Waals surface area contributed by atoms with Crippen LogP contribution in [0.3, 0.4) is 0 Å². The maximum absolute atomic E-state index is 12.9. The van der Waals surface area contributed by atoms with Gasteiger partial charge in [0.25, 0.3) is 5.91 Å². The molecule has 0 heterocycles. The van der Waals surface area contributed by atoms with Gasteiger partial charge in [0.1, 0.15) is 6.54 Å². The first-order valence-corrected chi connectivity index (χ1v) is 10.1. The number of carbonyl (C=O) groups excluding carboxylic acids is 1. The van der Waals surface area contributed by atoms with Gasteiger partial charge in [-0.3, -0.25) is 9.10 Å². The lowest BCUT2D eigenvalue weighted by Crippen LogP contribution is -2.39. The smallest absolute Gasteiger partial charge is 0.416 e. The van der Waals surface area contributed by atoms with Gasteiger partial charge in [-0.1, -0.05) is 6.07 Å². The lowest BCUT2D eigenvalue weighted by atomic mass is 10.2. The second kappa shape index (κ2) is 9.03.